The Morgan fingerprint density at radius 2 is 2.04 bits per heavy atom. The number of nitrogens with one attached hydrogen (secondary N) is 1. The first-order valence-electron chi connectivity index (χ1n) is 7.59. The molecular weight excluding hydrogens is 320 g/mol. The minimum absolute atomic E-state index is 0.121. The highest BCUT2D eigenvalue weighted by atomic mass is 32.1. The molecule has 0 radical (unpaired) electrons. The third-order valence-corrected chi connectivity index (χ3v) is 4.59. The van der Waals surface area contributed by atoms with Crippen LogP contribution in [-0.4, -0.2) is 18.0 Å². The van der Waals surface area contributed by atoms with Gasteiger partial charge in [0.05, 0.1) is 7.11 Å². The summed E-state index contributed by atoms with van der Waals surface area (Å²) in [5.41, 5.74) is 3.71. The summed E-state index contributed by atoms with van der Waals surface area (Å²) in [5.74, 6) is 0.549. The molecule has 0 fully saturated rings. The average Bonchev–Trinajstić information content (AvgIpc) is 3.06. The van der Waals surface area contributed by atoms with Gasteiger partial charge in [-0.15, -0.1) is 11.3 Å². The van der Waals surface area contributed by atoms with Crippen LogP contribution in [0.3, 0.4) is 0 Å². The van der Waals surface area contributed by atoms with Gasteiger partial charge in [0.25, 0.3) is 5.91 Å². The van der Waals surface area contributed by atoms with Gasteiger partial charge >= 0.3 is 0 Å². The number of aryl methyl sites for hydroxylation is 1. The van der Waals surface area contributed by atoms with Crippen LogP contribution in [0.1, 0.15) is 21.6 Å². The quantitative estimate of drug-likeness (QED) is 0.763. The minimum atomic E-state index is -0.121. The normalized spacial score (nSPS) is 10.4. The second-order valence-corrected chi connectivity index (χ2v) is 6.27. The van der Waals surface area contributed by atoms with Gasteiger partial charge in [0, 0.05) is 28.7 Å². The van der Waals surface area contributed by atoms with E-state index in [-0.39, 0.29) is 5.91 Å². The van der Waals surface area contributed by atoms with E-state index in [2.05, 4.69) is 16.4 Å². The monoisotopic (exact) mass is 338 g/mol. The molecule has 0 unspecified atom stereocenters. The van der Waals surface area contributed by atoms with E-state index < -0.39 is 0 Å². The smallest absolute Gasteiger partial charge is 0.251 e. The van der Waals surface area contributed by atoms with Crippen LogP contribution in [0.4, 0.5) is 0 Å². The van der Waals surface area contributed by atoms with Crippen molar-refractivity contribution < 1.29 is 9.53 Å². The molecule has 1 aromatic heterocycles. The van der Waals surface area contributed by atoms with Crippen LogP contribution < -0.4 is 10.1 Å². The molecule has 0 aliphatic heterocycles. The van der Waals surface area contributed by atoms with Gasteiger partial charge in [-0.3, -0.25) is 4.79 Å². The average molecular weight is 338 g/mol. The number of rotatable bonds is 5. The van der Waals surface area contributed by atoms with Crippen LogP contribution in [0, 0.1) is 6.92 Å². The van der Waals surface area contributed by atoms with Crippen LogP contribution in [0.2, 0.25) is 0 Å². The predicted octanol–water partition coefficient (Wildman–Crippen LogP) is 4.06. The Hall–Kier alpha value is -2.66. The molecule has 24 heavy (non-hydrogen) atoms. The summed E-state index contributed by atoms with van der Waals surface area (Å²) in [6.07, 6.45) is 0. The number of hydrogen-bond donors (Lipinski definition) is 1. The van der Waals surface area contributed by atoms with Crippen molar-refractivity contribution in [2.24, 2.45) is 0 Å². The van der Waals surface area contributed by atoms with Gasteiger partial charge in [-0.2, -0.15) is 0 Å². The van der Waals surface area contributed by atoms with Crippen molar-refractivity contribution in [3.8, 4) is 16.3 Å². The highest BCUT2D eigenvalue weighted by Crippen LogP contribution is 2.24. The Labute approximate surface area is 145 Å². The largest absolute Gasteiger partial charge is 0.497 e. The topological polar surface area (TPSA) is 51.2 Å². The van der Waals surface area contributed by atoms with Crippen LogP contribution in [0.5, 0.6) is 5.75 Å². The molecule has 2 aromatic carbocycles. The van der Waals surface area contributed by atoms with E-state index in [1.807, 2.05) is 36.6 Å². The van der Waals surface area contributed by atoms with E-state index in [0.29, 0.717) is 17.9 Å². The number of methoxy groups -OCH3 is 1. The molecule has 5 heteroatoms. The lowest BCUT2D eigenvalue weighted by Gasteiger charge is -2.08. The first-order valence-corrected chi connectivity index (χ1v) is 8.47. The number of nitrogens with zero attached hydrogens (tertiary/aromatic N) is 1. The van der Waals surface area contributed by atoms with Crippen molar-refractivity contribution in [2.45, 2.75) is 13.5 Å². The summed E-state index contributed by atoms with van der Waals surface area (Å²) in [4.78, 5) is 16.8. The molecular formula is C19H18N2O2S. The molecule has 1 N–H and O–H groups in total. The lowest BCUT2D eigenvalue weighted by Crippen LogP contribution is -2.22. The molecule has 1 heterocycles. The zero-order chi connectivity index (χ0) is 16.9. The number of ether oxygens (including phenoxy) is 1. The third-order valence-electron chi connectivity index (χ3n) is 3.58. The molecule has 0 saturated heterocycles. The molecule has 0 aliphatic carbocycles. The van der Waals surface area contributed by atoms with Crippen LogP contribution in [-0.2, 0) is 6.54 Å². The van der Waals surface area contributed by atoms with Gasteiger partial charge in [-0.05, 0) is 36.8 Å². The van der Waals surface area contributed by atoms with Crippen molar-refractivity contribution in [2.75, 3.05) is 7.11 Å². The number of carbonyl (C=O) groups is 1. The van der Waals surface area contributed by atoms with Crippen molar-refractivity contribution in [1.82, 2.24) is 10.3 Å². The summed E-state index contributed by atoms with van der Waals surface area (Å²) < 4.78 is 5.15. The van der Waals surface area contributed by atoms with E-state index in [1.54, 1.807) is 36.6 Å². The molecule has 3 aromatic rings. The number of thiazole rings is 1. The lowest BCUT2D eigenvalue weighted by molar-refractivity contribution is 0.0950. The van der Waals surface area contributed by atoms with Gasteiger partial charge in [0.1, 0.15) is 10.8 Å². The molecule has 0 atom stereocenters. The highest BCUT2D eigenvalue weighted by Gasteiger charge is 2.08. The van der Waals surface area contributed by atoms with E-state index in [9.17, 15) is 4.79 Å². The fourth-order valence-corrected chi connectivity index (χ4v) is 3.14. The Morgan fingerprint density at radius 1 is 1.21 bits per heavy atom. The van der Waals surface area contributed by atoms with Gasteiger partial charge in [0.2, 0.25) is 0 Å². The molecule has 0 bridgehead atoms. The first kappa shape index (κ1) is 16.2. The summed E-state index contributed by atoms with van der Waals surface area (Å²) in [6, 6.07) is 15.2. The lowest BCUT2D eigenvalue weighted by atomic mass is 10.1. The first-order chi connectivity index (χ1) is 11.7. The highest BCUT2D eigenvalue weighted by molar-refractivity contribution is 7.13. The van der Waals surface area contributed by atoms with Crippen molar-refractivity contribution in [1.29, 1.82) is 0 Å². The van der Waals surface area contributed by atoms with E-state index >= 15 is 0 Å². The zero-order valence-electron chi connectivity index (χ0n) is 13.6. The maximum Gasteiger partial charge on any atom is 0.251 e. The van der Waals surface area contributed by atoms with E-state index in [1.165, 1.54) is 0 Å². The molecule has 0 saturated carbocycles. The maximum atomic E-state index is 12.3. The van der Waals surface area contributed by atoms with Gasteiger partial charge < -0.3 is 10.1 Å². The number of hydrogen-bond acceptors (Lipinski definition) is 4. The Bertz CT molecular complexity index is 858. The number of amides is 1. The third kappa shape index (κ3) is 3.81. The second kappa shape index (κ2) is 7.27. The molecule has 0 spiro atoms. The van der Waals surface area contributed by atoms with Crippen molar-refractivity contribution in [3.63, 3.8) is 0 Å². The summed E-state index contributed by atoms with van der Waals surface area (Å²) in [6.45, 7) is 2.45. The summed E-state index contributed by atoms with van der Waals surface area (Å²) >= 11 is 1.62. The zero-order valence-corrected chi connectivity index (χ0v) is 14.4. The predicted molar refractivity (Wildman–Crippen MR) is 96.5 cm³/mol. The van der Waals surface area contributed by atoms with E-state index in [0.717, 1.165) is 21.8 Å². The van der Waals surface area contributed by atoms with Crippen LogP contribution in [0.15, 0.2) is 53.9 Å². The fraction of sp³-hybridized carbons (Fsp3) is 0.158. The van der Waals surface area contributed by atoms with Gasteiger partial charge in [0.15, 0.2) is 0 Å². The Morgan fingerprint density at radius 3 is 2.79 bits per heavy atom. The Balaban J connectivity index is 1.69. The molecule has 4 nitrogen and oxygen atoms in total. The van der Waals surface area contributed by atoms with Crippen molar-refractivity contribution in [3.05, 3.63) is 70.7 Å². The Kier molecular flexibility index (Phi) is 4.91. The fourth-order valence-electron chi connectivity index (χ4n) is 2.35. The minimum Gasteiger partial charge on any atom is -0.497 e. The van der Waals surface area contributed by atoms with Gasteiger partial charge in [-0.1, -0.05) is 24.3 Å². The SMILES string of the molecule is COc1cccc(C(=O)NCc2cccc(-c3nc(C)cs3)c2)c1. The molecule has 0 aliphatic rings. The van der Waals surface area contributed by atoms with Gasteiger partial charge in [-0.25, -0.2) is 4.98 Å². The van der Waals surface area contributed by atoms with Crippen LogP contribution in [0.25, 0.3) is 10.6 Å². The van der Waals surface area contributed by atoms with Crippen LogP contribution >= 0.6 is 11.3 Å². The summed E-state index contributed by atoms with van der Waals surface area (Å²) in [5, 5.41) is 5.97. The number of aromatic nitrogens is 1. The summed E-state index contributed by atoms with van der Waals surface area (Å²) in [7, 11) is 1.59. The van der Waals surface area contributed by atoms with Crippen molar-refractivity contribution >= 4 is 17.2 Å². The number of benzene rings is 2. The van der Waals surface area contributed by atoms with E-state index in [4.69, 9.17) is 4.74 Å². The second-order valence-electron chi connectivity index (χ2n) is 5.41. The molecule has 3 rings (SSSR count). The molecule has 122 valence electrons. The molecule has 1 amide bonds. The number of carbonyl (C=O) groups excluding carboxylic acids is 1. The maximum absolute atomic E-state index is 12.3. The standard InChI is InChI=1S/C19H18N2O2S/c1-13-12-24-19(21-13)16-7-3-5-14(9-16)11-20-18(22)15-6-4-8-17(10-15)23-2/h3-10,12H,11H2,1-2H3,(H,20,22).